The Bertz CT molecular complexity index is 1220. The number of likely N-dealkylation sites (tertiary alicyclic amines) is 1. The Morgan fingerprint density at radius 2 is 1.53 bits per heavy atom. The normalized spacial score (nSPS) is 21.3. The highest BCUT2D eigenvalue weighted by Crippen LogP contribution is 2.38. The predicted molar refractivity (Wildman–Crippen MR) is 146 cm³/mol. The number of alkyl halides is 3. The number of carbonyl (C=O) groups excluding carboxylic acids is 1. The summed E-state index contributed by atoms with van der Waals surface area (Å²) in [5.41, 5.74) is 1.25. The van der Waals surface area contributed by atoms with Gasteiger partial charge >= 0.3 is 6.18 Å². The molecule has 2 fully saturated rings. The molecule has 0 bridgehead atoms. The Kier molecular flexibility index (Phi) is 8.10. The van der Waals surface area contributed by atoms with Crippen LogP contribution in [0.1, 0.15) is 65.9 Å². The Labute approximate surface area is 227 Å². The average Bonchev–Trinajstić information content (AvgIpc) is 2.95. The number of carbonyl (C=O) groups is 1. The molecule has 7 heteroatoms. The number of halogens is 4. The summed E-state index contributed by atoms with van der Waals surface area (Å²) >= 11 is 6.10. The lowest BCUT2D eigenvalue weighted by molar-refractivity contribution is -0.137. The van der Waals surface area contributed by atoms with E-state index in [1.807, 2.05) is 0 Å². The highest BCUT2D eigenvalue weighted by atomic mass is 35.5. The van der Waals surface area contributed by atoms with Gasteiger partial charge in [0.1, 0.15) is 0 Å². The molecule has 1 saturated heterocycles. The molecule has 2 aliphatic rings. The maximum absolute atomic E-state index is 13.7. The van der Waals surface area contributed by atoms with E-state index in [9.17, 15) is 18.0 Å². The van der Waals surface area contributed by atoms with Crippen LogP contribution < -0.4 is 4.90 Å². The maximum atomic E-state index is 13.7. The van der Waals surface area contributed by atoms with Crippen molar-refractivity contribution < 1.29 is 18.0 Å². The summed E-state index contributed by atoms with van der Waals surface area (Å²) in [5, 5.41) is 0.541. The van der Waals surface area contributed by atoms with E-state index in [1.54, 1.807) is 29.2 Å². The lowest BCUT2D eigenvalue weighted by Crippen LogP contribution is -2.51. The second-order valence-electron chi connectivity index (χ2n) is 10.4. The van der Waals surface area contributed by atoms with Gasteiger partial charge in [-0.25, -0.2) is 0 Å². The summed E-state index contributed by atoms with van der Waals surface area (Å²) in [6.07, 6.45) is 1.80. The standard InChI is InChI=1S/C31H32ClF3N2O/c32-25-13-15-26(16-14-25)37(30(38)23-9-6-10-24(21-23)31(33,34)35)27-17-19-36(20-18-27)29-12-5-4-11-28(29)22-7-2-1-3-8-22/h1-3,6-10,13-16,21,27-29H,4-5,11-12,17-20H2/t28-,29-/m1/s1. The van der Waals surface area contributed by atoms with Crippen LogP contribution in [0.15, 0.2) is 78.9 Å². The van der Waals surface area contributed by atoms with Gasteiger partial charge in [0.2, 0.25) is 0 Å². The molecule has 2 atom stereocenters. The quantitative estimate of drug-likeness (QED) is 0.325. The fraction of sp³-hybridized carbons (Fsp3) is 0.387. The first kappa shape index (κ1) is 26.8. The fourth-order valence-corrected chi connectivity index (χ4v) is 6.30. The summed E-state index contributed by atoms with van der Waals surface area (Å²) in [6, 6.07) is 22.7. The average molecular weight is 541 g/mol. The molecule has 5 rings (SSSR count). The lowest BCUT2D eigenvalue weighted by atomic mass is 9.78. The monoisotopic (exact) mass is 540 g/mol. The smallest absolute Gasteiger partial charge is 0.305 e. The van der Waals surface area contributed by atoms with Gasteiger partial charge in [-0.1, -0.05) is 60.8 Å². The van der Waals surface area contributed by atoms with Crippen molar-refractivity contribution in [2.24, 2.45) is 0 Å². The third-order valence-electron chi connectivity index (χ3n) is 8.05. The Morgan fingerprint density at radius 1 is 0.842 bits per heavy atom. The zero-order valence-electron chi connectivity index (χ0n) is 21.2. The van der Waals surface area contributed by atoms with Crippen molar-refractivity contribution in [3.63, 3.8) is 0 Å². The second-order valence-corrected chi connectivity index (χ2v) is 10.8. The predicted octanol–water partition coefficient (Wildman–Crippen LogP) is 8.20. The molecule has 0 unspecified atom stereocenters. The SMILES string of the molecule is O=C(c1cccc(C(F)(F)F)c1)N(c1ccc(Cl)cc1)C1CCN([C@@H]2CCCC[C@@H]2c2ccccc2)CC1. The fourth-order valence-electron chi connectivity index (χ4n) is 6.18. The van der Waals surface area contributed by atoms with E-state index in [0.717, 1.165) is 44.5 Å². The van der Waals surface area contributed by atoms with E-state index >= 15 is 0 Å². The molecule has 1 amide bonds. The van der Waals surface area contributed by atoms with Crippen LogP contribution in [0.2, 0.25) is 5.02 Å². The van der Waals surface area contributed by atoms with Crippen molar-refractivity contribution in [3.05, 3.63) is 101 Å². The van der Waals surface area contributed by atoms with Crippen LogP contribution in [-0.4, -0.2) is 36.0 Å². The molecular formula is C31H32ClF3N2O. The molecule has 3 aromatic rings. The van der Waals surface area contributed by atoms with Crippen molar-refractivity contribution in [1.29, 1.82) is 0 Å². The molecular weight excluding hydrogens is 509 g/mol. The second kappa shape index (κ2) is 11.5. The summed E-state index contributed by atoms with van der Waals surface area (Å²) in [7, 11) is 0. The molecule has 0 radical (unpaired) electrons. The van der Waals surface area contributed by atoms with Gasteiger partial charge in [0, 0.05) is 41.4 Å². The molecule has 3 nitrogen and oxygen atoms in total. The Morgan fingerprint density at radius 3 is 2.21 bits per heavy atom. The number of hydrogen-bond donors (Lipinski definition) is 0. The number of amides is 1. The van der Waals surface area contributed by atoms with Crippen LogP contribution >= 0.6 is 11.6 Å². The van der Waals surface area contributed by atoms with E-state index in [4.69, 9.17) is 11.6 Å². The van der Waals surface area contributed by atoms with Gasteiger partial charge in [-0.15, -0.1) is 0 Å². The molecule has 1 saturated carbocycles. The number of rotatable bonds is 5. The first-order valence-corrected chi connectivity index (χ1v) is 13.7. The summed E-state index contributed by atoms with van der Waals surface area (Å²) in [6.45, 7) is 1.69. The molecule has 0 N–H and O–H groups in total. The first-order chi connectivity index (χ1) is 18.3. The molecule has 1 aliphatic heterocycles. The third kappa shape index (κ3) is 5.92. The van der Waals surface area contributed by atoms with Crippen molar-refractivity contribution in [1.82, 2.24) is 4.90 Å². The van der Waals surface area contributed by atoms with E-state index < -0.39 is 17.6 Å². The molecule has 0 aromatic heterocycles. The Balaban J connectivity index is 1.37. The Hall–Kier alpha value is -2.83. The number of nitrogens with zero attached hydrogens (tertiary/aromatic N) is 2. The number of anilines is 1. The zero-order chi connectivity index (χ0) is 26.7. The first-order valence-electron chi connectivity index (χ1n) is 13.4. The third-order valence-corrected chi connectivity index (χ3v) is 8.30. The van der Waals surface area contributed by atoms with E-state index in [1.165, 1.54) is 37.0 Å². The van der Waals surface area contributed by atoms with Crippen LogP contribution in [0.25, 0.3) is 0 Å². The maximum Gasteiger partial charge on any atom is 0.416 e. The van der Waals surface area contributed by atoms with Crippen LogP contribution in [-0.2, 0) is 6.18 Å². The van der Waals surface area contributed by atoms with Crippen LogP contribution in [0.3, 0.4) is 0 Å². The van der Waals surface area contributed by atoms with Gasteiger partial charge < -0.3 is 4.90 Å². The summed E-state index contributed by atoms with van der Waals surface area (Å²) in [4.78, 5) is 18.0. The molecule has 0 spiro atoms. The van der Waals surface area contributed by atoms with Crippen LogP contribution in [0, 0.1) is 0 Å². The minimum atomic E-state index is -4.51. The molecule has 3 aromatic carbocycles. The highest BCUT2D eigenvalue weighted by Gasteiger charge is 2.37. The van der Waals surface area contributed by atoms with E-state index in [0.29, 0.717) is 22.7 Å². The minimum Gasteiger partial charge on any atom is -0.305 e. The van der Waals surface area contributed by atoms with Gasteiger partial charge in [0.15, 0.2) is 0 Å². The van der Waals surface area contributed by atoms with Gasteiger partial charge in [-0.2, -0.15) is 13.2 Å². The molecule has 1 heterocycles. The lowest BCUT2D eigenvalue weighted by Gasteiger charge is -2.45. The van der Waals surface area contributed by atoms with Crippen molar-refractivity contribution >= 4 is 23.2 Å². The van der Waals surface area contributed by atoms with Gasteiger partial charge in [0.05, 0.1) is 5.56 Å². The van der Waals surface area contributed by atoms with Crippen molar-refractivity contribution in [2.45, 2.75) is 62.7 Å². The number of piperidine rings is 1. The molecule has 38 heavy (non-hydrogen) atoms. The topological polar surface area (TPSA) is 23.6 Å². The zero-order valence-corrected chi connectivity index (χ0v) is 22.0. The van der Waals surface area contributed by atoms with Gasteiger partial charge in [0.25, 0.3) is 5.91 Å². The minimum absolute atomic E-state index is 0.0358. The van der Waals surface area contributed by atoms with E-state index in [-0.39, 0.29) is 11.6 Å². The molecule has 1 aliphatic carbocycles. The van der Waals surface area contributed by atoms with Crippen LogP contribution in [0.4, 0.5) is 18.9 Å². The molecule has 200 valence electrons. The van der Waals surface area contributed by atoms with E-state index in [2.05, 4.69) is 35.2 Å². The van der Waals surface area contributed by atoms with Crippen molar-refractivity contribution in [3.8, 4) is 0 Å². The number of benzene rings is 3. The number of hydrogen-bond acceptors (Lipinski definition) is 2. The summed E-state index contributed by atoms with van der Waals surface area (Å²) in [5.74, 6) is 0.0808. The summed E-state index contributed by atoms with van der Waals surface area (Å²) < 4.78 is 40.2. The van der Waals surface area contributed by atoms with Gasteiger partial charge in [-0.3, -0.25) is 9.69 Å². The van der Waals surface area contributed by atoms with Crippen LogP contribution in [0.5, 0.6) is 0 Å². The van der Waals surface area contributed by atoms with Crippen molar-refractivity contribution in [2.75, 3.05) is 18.0 Å². The largest absolute Gasteiger partial charge is 0.416 e. The van der Waals surface area contributed by atoms with Gasteiger partial charge in [-0.05, 0) is 79.6 Å². The highest BCUT2D eigenvalue weighted by molar-refractivity contribution is 6.30.